The molecule has 1 aromatic rings. The van der Waals surface area contributed by atoms with Crippen molar-refractivity contribution in [2.75, 3.05) is 6.54 Å². The van der Waals surface area contributed by atoms with Gasteiger partial charge >= 0.3 is 5.97 Å². The van der Waals surface area contributed by atoms with E-state index in [1.165, 1.54) is 4.90 Å². The molecule has 1 aliphatic rings. The highest BCUT2D eigenvalue weighted by molar-refractivity contribution is 6.33. The molecule has 0 aliphatic heterocycles. The first kappa shape index (κ1) is 14.9. The molecule has 5 heteroatoms. The summed E-state index contributed by atoms with van der Waals surface area (Å²) in [5.74, 6) is -1.28. The number of halogens is 1. The van der Waals surface area contributed by atoms with Gasteiger partial charge in [0, 0.05) is 6.04 Å². The van der Waals surface area contributed by atoms with Crippen molar-refractivity contribution >= 4 is 23.5 Å². The van der Waals surface area contributed by atoms with Crippen LogP contribution in [0.1, 0.15) is 41.6 Å². The Bertz CT molecular complexity index is 524. The van der Waals surface area contributed by atoms with Gasteiger partial charge in [-0.1, -0.05) is 30.5 Å². The first-order chi connectivity index (χ1) is 9.49. The minimum Gasteiger partial charge on any atom is -0.480 e. The maximum absolute atomic E-state index is 12.6. The van der Waals surface area contributed by atoms with Crippen LogP contribution in [-0.4, -0.2) is 34.5 Å². The van der Waals surface area contributed by atoms with Gasteiger partial charge in [0.2, 0.25) is 0 Å². The Morgan fingerprint density at radius 3 is 2.55 bits per heavy atom. The summed E-state index contributed by atoms with van der Waals surface area (Å²) in [6, 6.07) is 5.22. The van der Waals surface area contributed by atoms with Crippen molar-refractivity contribution in [3.63, 3.8) is 0 Å². The van der Waals surface area contributed by atoms with Crippen molar-refractivity contribution in [3.8, 4) is 0 Å². The van der Waals surface area contributed by atoms with Crippen molar-refractivity contribution in [1.29, 1.82) is 0 Å². The zero-order chi connectivity index (χ0) is 14.7. The van der Waals surface area contributed by atoms with Gasteiger partial charge in [-0.05, 0) is 37.5 Å². The van der Waals surface area contributed by atoms with Crippen LogP contribution in [-0.2, 0) is 4.79 Å². The van der Waals surface area contributed by atoms with Crippen molar-refractivity contribution < 1.29 is 14.7 Å². The van der Waals surface area contributed by atoms with Crippen LogP contribution in [0.15, 0.2) is 18.2 Å². The summed E-state index contributed by atoms with van der Waals surface area (Å²) in [5.41, 5.74) is 1.35. The molecule has 0 radical (unpaired) electrons. The van der Waals surface area contributed by atoms with Crippen LogP contribution in [0, 0.1) is 6.92 Å². The molecule has 0 unspecified atom stereocenters. The molecule has 1 amide bonds. The van der Waals surface area contributed by atoms with Gasteiger partial charge in [0.15, 0.2) is 0 Å². The van der Waals surface area contributed by atoms with Gasteiger partial charge in [0.05, 0.1) is 10.6 Å². The number of benzene rings is 1. The molecule has 1 N–H and O–H groups in total. The number of rotatable bonds is 4. The number of carboxylic acid groups (broad SMARTS) is 1. The van der Waals surface area contributed by atoms with E-state index in [4.69, 9.17) is 16.7 Å². The van der Waals surface area contributed by atoms with Gasteiger partial charge in [-0.25, -0.2) is 0 Å². The Labute approximate surface area is 123 Å². The highest BCUT2D eigenvalue weighted by Gasteiger charge is 2.29. The smallest absolute Gasteiger partial charge is 0.323 e. The molecule has 0 aromatic heterocycles. The number of hydrogen-bond donors (Lipinski definition) is 1. The number of aryl methyl sites for hydroxylation is 1. The first-order valence-corrected chi connectivity index (χ1v) is 7.15. The summed E-state index contributed by atoms with van der Waals surface area (Å²) in [6.45, 7) is 1.62. The Balaban J connectivity index is 2.27. The lowest BCUT2D eigenvalue weighted by Gasteiger charge is -2.27. The molecule has 20 heavy (non-hydrogen) atoms. The van der Waals surface area contributed by atoms with Gasteiger partial charge in [-0.15, -0.1) is 0 Å². The van der Waals surface area contributed by atoms with E-state index in [-0.39, 0.29) is 18.5 Å². The Kier molecular flexibility index (Phi) is 4.65. The molecule has 0 heterocycles. The molecular weight excluding hydrogens is 278 g/mol. The molecule has 1 saturated carbocycles. The molecule has 108 valence electrons. The number of carboxylic acids is 1. The van der Waals surface area contributed by atoms with Crippen LogP contribution in [0.4, 0.5) is 0 Å². The molecule has 1 aliphatic carbocycles. The average Bonchev–Trinajstić information content (AvgIpc) is 2.88. The fourth-order valence-corrected chi connectivity index (χ4v) is 2.99. The van der Waals surface area contributed by atoms with Crippen LogP contribution in [0.25, 0.3) is 0 Å². The van der Waals surface area contributed by atoms with Gasteiger partial charge in [-0.2, -0.15) is 0 Å². The number of aliphatic carboxylic acids is 1. The fraction of sp³-hybridized carbons (Fsp3) is 0.467. The SMILES string of the molecule is Cc1ccc(C(=O)N(CC(=O)O)C2CCCC2)c(Cl)c1. The van der Waals surface area contributed by atoms with Gasteiger partial charge in [0.1, 0.15) is 6.54 Å². The fourth-order valence-electron chi connectivity index (χ4n) is 2.68. The molecule has 0 saturated heterocycles. The van der Waals surface area contributed by atoms with Crippen LogP contribution in [0.5, 0.6) is 0 Å². The maximum atomic E-state index is 12.6. The first-order valence-electron chi connectivity index (χ1n) is 6.78. The van der Waals surface area contributed by atoms with Gasteiger partial charge in [-0.3, -0.25) is 9.59 Å². The summed E-state index contributed by atoms with van der Waals surface area (Å²) < 4.78 is 0. The number of nitrogens with zero attached hydrogens (tertiary/aromatic N) is 1. The minimum absolute atomic E-state index is 0.0102. The summed E-state index contributed by atoms with van der Waals surface area (Å²) in [6.07, 6.45) is 3.80. The maximum Gasteiger partial charge on any atom is 0.323 e. The topological polar surface area (TPSA) is 57.6 Å². The zero-order valence-corrected chi connectivity index (χ0v) is 12.2. The second-order valence-corrected chi connectivity index (χ2v) is 5.66. The van der Waals surface area contributed by atoms with E-state index in [1.54, 1.807) is 12.1 Å². The van der Waals surface area contributed by atoms with Crippen LogP contribution in [0.2, 0.25) is 5.02 Å². The van der Waals surface area contributed by atoms with E-state index in [0.29, 0.717) is 10.6 Å². The van der Waals surface area contributed by atoms with Crippen molar-refractivity contribution in [2.45, 2.75) is 38.6 Å². The largest absolute Gasteiger partial charge is 0.480 e. The lowest BCUT2D eigenvalue weighted by Crippen LogP contribution is -2.42. The van der Waals surface area contributed by atoms with E-state index in [9.17, 15) is 9.59 Å². The lowest BCUT2D eigenvalue weighted by atomic mass is 10.1. The summed E-state index contributed by atoms with van der Waals surface area (Å²) in [7, 11) is 0. The molecule has 1 fully saturated rings. The van der Waals surface area contributed by atoms with Crippen molar-refractivity contribution in [3.05, 3.63) is 34.3 Å². The summed E-state index contributed by atoms with van der Waals surface area (Å²) in [5, 5.41) is 9.40. The third-order valence-corrected chi connectivity index (χ3v) is 4.00. The van der Waals surface area contributed by atoms with Crippen molar-refractivity contribution in [1.82, 2.24) is 4.90 Å². The standard InChI is InChI=1S/C15H18ClNO3/c1-10-6-7-12(13(16)8-10)15(20)17(9-14(18)19)11-4-2-3-5-11/h6-8,11H,2-5,9H2,1H3,(H,18,19). The van der Waals surface area contributed by atoms with E-state index < -0.39 is 5.97 Å². The quantitative estimate of drug-likeness (QED) is 0.928. The molecule has 0 spiro atoms. The number of hydrogen-bond acceptors (Lipinski definition) is 2. The predicted molar refractivity (Wildman–Crippen MR) is 77.1 cm³/mol. The van der Waals surface area contributed by atoms with Gasteiger partial charge in [0.25, 0.3) is 5.91 Å². The Morgan fingerprint density at radius 2 is 2.00 bits per heavy atom. The van der Waals surface area contributed by atoms with E-state index in [1.807, 2.05) is 13.0 Å². The van der Waals surface area contributed by atoms with Crippen molar-refractivity contribution in [2.24, 2.45) is 0 Å². The van der Waals surface area contributed by atoms with Gasteiger partial charge < -0.3 is 10.0 Å². The van der Waals surface area contributed by atoms with Crippen LogP contribution >= 0.6 is 11.6 Å². The zero-order valence-electron chi connectivity index (χ0n) is 11.4. The normalized spacial score (nSPS) is 15.3. The second kappa shape index (κ2) is 6.27. The highest BCUT2D eigenvalue weighted by Crippen LogP contribution is 2.27. The summed E-state index contributed by atoms with van der Waals surface area (Å²) >= 11 is 6.12. The third-order valence-electron chi connectivity index (χ3n) is 3.69. The Hall–Kier alpha value is -1.55. The van der Waals surface area contributed by atoms with E-state index in [0.717, 1.165) is 31.2 Å². The molecule has 1 aromatic carbocycles. The molecule has 2 rings (SSSR count). The summed E-state index contributed by atoms with van der Waals surface area (Å²) in [4.78, 5) is 25.0. The van der Waals surface area contributed by atoms with Crippen LogP contribution < -0.4 is 0 Å². The van der Waals surface area contributed by atoms with E-state index >= 15 is 0 Å². The number of amides is 1. The molecule has 4 nitrogen and oxygen atoms in total. The monoisotopic (exact) mass is 295 g/mol. The minimum atomic E-state index is -0.992. The average molecular weight is 296 g/mol. The third kappa shape index (κ3) is 3.31. The second-order valence-electron chi connectivity index (χ2n) is 5.25. The Morgan fingerprint density at radius 1 is 1.35 bits per heavy atom. The molecular formula is C15H18ClNO3. The predicted octanol–water partition coefficient (Wildman–Crippen LogP) is 3.12. The molecule has 0 bridgehead atoms. The number of carbonyl (C=O) groups is 2. The number of carbonyl (C=O) groups excluding carboxylic acids is 1. The molecule has 0 atom stereocenters. The van der Waals surface area contributed by atoms with Crippen LogP contribution in [0.3, 0.4) is 0 Å². The highest BCUT2D eigenvalue weighted by atomic mass is 35.5. The van der Waals surface area contributed by atoms with E-state index in [2.05, 4.69) is 0 Å². The lowest BCUT2D eigenvalue weighted by molar-refractivity contribution is -0.138.